The first-order chi connectivity index (χ1) is 10.2. The van der Waals surface area contributed by atoms with E-state index in [1.165, 1.54) is 38.5 Å². The highest BCUT2D eigenvalue weighted by atomic mass is 35.5. The van der Waals surface area contributed by atoms with Crippen molar-refractivity contribution in [1.29, 1.82) is 0 Å². The van der Waals surface area contributed by atoms with Crippen molar-refractivity contribution in [3.8, 4) is 0 Å². The molecule has 1 aromatic carbocycles. The first-order valence-corrected chi connectivity index (χ1v) is 8.12. The van der Waals surface area contributed by atoms with E-state index in [0.717, 1.165) is 18.2 Å². The van der Waals surface area contributed by atoms with E-state index in [2.05, 4.69) is 10.1 Å². The van der Waals surface area contributed by atoms with Crippen LogP contribution in [0.1, 0.15) is 44.1 Å². The van der Waals surface area contributed by atoms with Crippen molar-refractivity contribution < 1.29 is 5.21 Å². The van der Waals surface area contributed by atoms with Gasteiger partial charge in [0, 0.05) is 23.8 Å². The molecule has 0 spiro atoms. The first-order valence-electron chi connectivity index (χ1n) is 7.75. The quantitative estimate of drug-likeness (QED) is 0.380. The third-order valence-electron chi connectivity index (χ3n) is 4.91. The van der Waals surface area contributed by atoms with E-state index in [4.69, 9.17) is 22.5 Å². The zero-order valence-electron chi connectivity index (χ0n) is 12.1. The number of oxime groups is 1. The van der Waals surface area contributed by atoms with Gasteiger partial charge in [0.05, 0.1) is 5.02 Å². The Hall–Kier alpha value is -1.42. The van der Waals surface area contributed by atoms with Gasteiger partial charge in [-0.25, -0.2) is 0 Å². The lowest BCUT2D eigenvalue weighted by atomic mass is 9.78. The van der Waals surface area contributed by atoms with Gasteiger partial charge in [0.25, 0.3) is 0 Å². The fourth-order valence-corrected chi connectivity index (χ4v) is 4.16. The van der Waals surface area contributed by atoms with Gasteiger partial charge >= 0.3 is 0 Å². The Morgan fingerprint density at radius 2 is 2.00 bits per heavy atom. The maximum atomic E-state index is 8.78. The summed E-state index contributed by atoms with van der Waals surface area (Å²) >= 11 is 6.30. The number of amidine groups is 1. The summed E-state index contributed by atoms with van der Waals surface area (Å²) in [5.41, 5.74) is 7.37. The van der Waals surface area contributed by atoms with E-state index in [1.54, 1.807) is 0 Å². The van der Waals surface area contributed by atoms with E-state index in [9.17, 15) is 0 Å². The van der Waals surface area contributed by atoms with Gasteiger partial charge in [-0.15, -0.1) is 0 Å². The van der Waals surface area contributed by atoms with Crippen LogP contribution in [-0.2, 0) is 0 Å². The maximum Gasteiger partial charge on any atom is 0.171 e. The summed E-state index contributed by atoms with van der Waals surface area (Å²) in [5, 5.41) is 12.3. The molecule has 2 unspecified atom stereocenters. The fraction of sp³-hybridized carbons (Fsp3) is 0.562. The third kappa shape index (κ3) is 2.82. The predicted molar refractivity (Wildman–Crippen MR) is 86.3 cm³/mol. The summed E-state index contributed by atoms with van der Waals surface area (Å²) in [5.74, 6) is 0.885. The van der Waals surface area contributed by atoms with Crippen LogP contribution in [0, 0.1) is 5.92 Å². The number of piperidine rings is 1. The third-order valence-corrected chi connectivity index (χ3v) is 5.22. The van der Waals surface area contributed by atoms with Crippen LogP contribution in [0.5, 0.6) is 0 Å². The van der Waals surface area contributed by atoms with Crippen molar-refractivity contribution in [2.24, 2.45) is 16.8 Å². The Bertz CT molecular complexity index is 544. The number of anilines is 1. The number of nitrogens with two attached hydrogens (primary N) is 1. The molecular weight excluding hydrogens is 286 g/mol. The topological polar surface area (TPSA) is 61.9 Å². The van der Waals surface area contributed by atoms with Gasteiger partial charge in [-0.3, -0.25) is 0 Å². The molecule has 4 nitrogen and oxygen atoms in total. The average molecular weight is 308 g/mol. The summed E-state index contributed by atoms with van der Waals surface area (Å²) in [6, 6.07) is 6.49. The van der Waals surface area contributed by atoms with Crippen molar-refractivity contribution >= 4 is 23.1 Å². The number of nitrogens with zero attached hydrogens (tertiary/aromatic N) is 2. The molecule has 3 rings (SSSR count). The van der Waals surface area contributed by atoms with Gasteiger partial charge in [-0.05, 0) is 49.8 Å². The molecule has 2 fully saturated rings. The Morgan fingerprint density at radius 1 is 1.24 bits per heavy atom. The molecule has 1 saturated carbocycles. The van der Waals surface area contributed by atoms with Gasteiger partial charge in [0.15, 0.2) is 5.84 Å². The van der Waals surface area contributed by atoms with Crippen LogP contribution in [-0.4, -0.2) is 23.6 Å². The highest BCUT2D eigenvalue weighted by Gasteiger charge is 2.33. The molecule has 1 aliphatic carbocycles. The summed E-state index contributed by atoms with van der Waals surface area (Å²) in [6.07, 6.45) is 7.95. The molecule has 0 aromatic heterocycles. The molecule has 1 saturated heterocycles. The highest BCUT2D eigenvalue weighted by molar-refractivity contribution is 6.34. The van der Waals surface area contributed by atoms with Crippen LogP contribution in [0.2, 0.25) is 5.02 Å². The zero-order valence-corrected chi connectivity index (χ0v) is 12.9. The van der Waals surface area contributed by atoms with E-state index >= 15 is 0 Å². The second kappa shape index (κ2) is 6.14. The lowest BCUT2D eigenvalue weighted by Crippen LogP contribution is -2.46. The summed E-state index contributed by atoms with van der Waals surface area (Å²) in [4.78, 5) is 2.51. The maximum absolute atomic E-state index is 8.78. The van der Waals surface area contributed by atoms with E-state index in [-0.39, 0.29) is 5.84 Å². The smallest absolute Gasteiger partial charge is 0.171 e. The van der Waals surface area contributed by atoms with Crippen LogP contribution in [0.25, 0.3) is 0 Å². The van der Waals surface area contributed by atoms with Crippen molar-refractivity contribution in [1.82, 2.24) is 0 Å². The number of hydrogen-bond donors (Lipinski definition) is 2. The van der Waals surface area contributed by atoms with Gasteiger partial charge in [-0.1, -0.05) is 29.6 Å². The molecule has 21 heavy (non-hydrogen) atoms. The number of fused-ring (bicyclic) bond motifs is 1. The summed E-state index contributed by atoms with van der Waals surface area (Å²) < 4.78 is 0. The number of halogens is 1. The molecule has 5 heteroatoms. The minimum Gasteiger partial charge on any atom is -0.409 e. The predicted octanol–water partition coefficient (Wildman–Crippen LogP) is 3.59. The van der Waals surface area contributed by atoms with Crippen molar-refractivity contribution in [3.05, 3.63) is 28.8 Å². The molecule has 2 aliphatic rings. The van der Waals surface area contributed by atoms with Crippen LogP contribution in [0.3, 0.4) is 0 Å². The molecule has 0 bridgehead atoms. The molecule has 0 amide bonds. The van der Waals surface area contributed by atoms with Crippen LogP contribution in [0.15, 0.2) is 23.4 Å². The lowest BCUT2D eigenvalue weighted by molar-refractivity contribution is 0.244. The Balaban J connectivity index is 1.87. The number of benzene rings is 1. The SMILES string of the molecule is NC(=NO)c1ccc(N2CCCC3CCCCC32)cc1Cl. The second-order valence-corrected chi connectivity index (χ2v) is 6.50. The molecule has 1 aliphatic heterocycles. The zero-order chi connectivity index (χ0) is 14.8. The van der Waals surface area contributed by atoms with Crippen LogP contribution >= 0.6 is 11.6 Å². The minimum atomic E-state index is 0.0562. The number of hydrogen-bond acceptors (Lipinski definition) is 3. The van der Waals surface area contributed by atoms with Crippen molar-refractivity contribution in [2.45, 2.75) is 44.6 Å². The Morgan fingerprint density at radius 3 is 2.76 bits per heavy atom. The molecule has 2 atom stereocenters. The first kappa shape index (κ1) is 14.5. The summed E-state index contributed by atoms with van der Waals surface area (Å²) in [6.45, 7) is 1.10. The minimum absolute atomic E-state index is 0.0562. The van der Waals surface area contributed by atoms with E-state index in [1.807, 2.05) is 18.2 Å². The van der Waals surface area contributed by atoms with E-state index < -0.39 is 0 Å². The Kier molecular flexibility index (Phi) is 4.24. The molecule has 1 aromatic rings. The molecule has 114 valence electrons. The molecular formula is C16H22ClN3O. The van der Waals surface area contributed by atoms with Gasteiger partial charge < -0.3 is 15.8 Å². The molecule has 0 radical (unpaired) electrons. The van der Waals surface area contributed by atoms with Gasteiger partial charge in [0.2, 0.25) is 0 Å². The monoisotopic (exact) mass is 307 g/mol. The highest BCUT2D eigenvalue weighted by Crippen LogP contribution is 2.38. The lowest BCUT2D eigenvalue weighted by Gasteiger charge is -2.45. The van der Waals surface area contributed by atoms with Crippen molar-refractivity contribution in [2.75, 3.05) is 11.4 Å². The van der Waals surface area contributed by atoms with Crippen LogP contribution in [0.4, 0.5) is 5.69 Å². The normalized spacial score (nSPS) is 26.5. The van der Waals surface area contributed by atoms with Crippen molar-refractivity contribution in [3.63, 3.8) is 0 Å². The average Bonchev–Trinajstić information content (AvgIpc) is 2.53. The standard InChI is InChI=1S/C16H22ClN3O/c17-14-10-12(7-8-13(14)16(18)19-21)20-9-3-5-11-4-1-2-6-15(11)20/h7-8,10-11,15,21H,1-6,9H2,(H2,18,19). The van der Waals surface area contributed by atoms with Gasteiger partial charge in [-0.2, -0.15) is 0 Å². The Labute approximate surface area is 130 Å². The van der Waals surface area contributed by atoms with E-state index in [0.29, 0.717) is 16.6 Å². The van der Waals surface area contributed by atoms with Crippen LogP contribution < -0.4 is 10.6 Å². The number of rotatable bonds is 2. The second-order valence-electron chi connectivity index (χ2n) is 6.10. The molecule has 1 heterocycles. The molecule has 3 N–H and O–H groups in total. The largest absolute Gasteiger partial charge is 0.409 e. The summed E-state index contributed by atoms with van der Waals surface area (Å²) in [7, 11) is 0. The fourth-order valence-electron chi connectivity index (χ4n) is 3.89. The van der Waals surface area contributed by atoms with Gasteiger partial charge in [0.1, 0.15) is 0 Å².